The average Bonchev–Trinajstić information content (AvgIpc) is 1.20. The first kappa shape index (κ1) is 8.39. The van der Waals surface area contributed by atoms with E-state index >= 15 is 0 Å². The quantitative estimate of drug-likeness (QED) is 0.609. The first-order chi connectivity index (χ1) is 3.41. The van der Waals surface area contributed by atoms with Crippen molar-refractivity contribution in [3.8, 4) is 0 Å². The molecule has 0 bridgehead atoms. The zero-order valence-electron chi connectivity index (χ0n) is 5.82. The molecule has 0 amide bonds. The molecule has 1 saturated heterocycles. The fraction of sp³-hybridized carbons (Fsp3) is 1.00. The zero-order chi connectivity index (χ0) is 6.41. The van der Waals surface area contributed by atoms with E-state index in [-0.39, 0.29) is 0 Å². The molecule has 0 aliphatic carbocycles. The van der Waals surface area contributed by atoms with Crippen LogP contribution in [0.3, 0.4) is 0 Å². The molecule has 1 aliphatic rings. The van der Waals surface area contributed by atoms with Gasteiger partial charge in [-0.2, -0.15) is 0 Å². The van der Waals surface area contributed by atoms with Crippen LogP contribution in [0.1, 0.15) is 0 Å². The van der Waals surface area contributed by atoms with Crippen LogP contribution in [0.5, 0.6) is 0 Å². The molecule has 0 spiro atoms. The Bertz CT molecular complexity index is 88.6. The number of rotatable bonds is 0. The number of hydrogen-bond acceptors (Lipinski definition) is 2. The van der Waals surface area contributed by atoms with Crippen molar-refractivity contribution in [3.05, 3.63) is 0 Å². The van der Waals surface area contributed by atoms with Gasteiger partial charge in [0.05, 0.1) is 0 Å². The van der Waals surface area contributed by atoms with Crippen LogP contribution in [0.4, 0.5) is 0 Å². The standard InChI is InChI=1S/4CH3.2S.2Sn/h4*1H3;;;;. The Morgan fingerprint density at radius 3 is 1.00 bits per heavy atom. The Hall–Kier alpha value is 2.30. The molecule has 0 aromatic carbocycles. The number of hydrogen-bond donors (Lipinski definition) is 0. The van der Waals surface area contributed by atoms with Crippen LogP contribution in [0.25, 0.3) is 0 Å². The van der Waals surface area contributed by atoms with E-state index in [9.17, 15) is 0 Å². The Balaban J connectivity index is 2.42. The maximum absolute atomic E-state index is 2.53. The molecule has 1 heterocycles. The van der Waals surface area contributed by atoms with E-state index in [1.165, 1.54) is 0 Å². The van der Waals surface area contributed by atoms with Gasteiger partial charge in [-0.25, -0.2) is 0 Å². The predicted molar refractivity (Wildman–Crippen MR) is 50.1 cm³/mol. The molecular formula is C4H12S2Sn2. The van der Waals surface area contributed by atoms with E-state index in [0.717, 1.165) is 0 Å². The molecule has 0 aromatic rings. The van der Waals surface area contributed by atoms with Crippen molar-refractivity contribution in [2.45, 2.75) is 19.8 Å². The van der Waals surface area contributed by atoms with Gasteiger partial charge < -0.3 is 0 Å². The van der Waals surface area contributed by atoms with Crippen molar-refractivity contribution in [3.63, 3.8) is 0 Å². The van der Waals surface area contributed by atoms with Gasteiger partial charge in [0.1, 0.15) is 0 Å². The molecule has 0 unspecified atom stereocenters. The van der Waals surface area contributed by atoms with Crippen LogP contribution in [-0.4, -0.2) is 31.2 Å². The molecule has 0 aromatic heterocycles. The van der Waals surface area contributed by atoms with Crippen LogP contribution < -0.4 is 0 Å². The van der Waals surface area contributed by atoms with Crippen LogP contribution in [0, 0.1) is 0 Å². The van der Waals surface area contributed by atoms with Crippen molar-refractivity contribution in [1.29, 1.82) is 0 Å². The van der Waals surface area contributed by atoms with Gasteiger partial charge in [-0.05, 0) is 0 Å². The third-order valence-electron chi connectivity index (χ3n) is 0.983. The Labute approximate surface area is 62.1 Å². The van der Waals surface area contributed by atoms with Crippen LogP contribution in [0.2, 0.25) is 19.8 Å². The molecule has 0 saturated carbocycles. The molecule has 4 heteroatoms. The summed E-state index contributed by atoms with van der Waals surface area (Å²) in [5.74, 6) is 0. The Kier molecular flexibility index (Phi) is 2.53. The van der Waals surface area contributed by atoms with E-state index in [2.05, 4.69) is 32.0 Å². The molecule has 1 fully saturated rings. The van der Waals surface area contributed by atoms with Gasteiger partial charge in [0.25, 0.3) is 0 Å². The van der Waals surface area contributed by atoms with Crippen molar-refractivity contribution in [2.24, 2.45) is 0 Å². The second kappa shape index (κ2) is 2.41. The summed E-state index contributed by atoms with van der Waals surface area (Å²) in [5.41, 5.74) is 0. The fourth-order valence-electron chi connectivity index (χ4n) is 1.19. The van der Waals surface area contributed by atoms with Gasteiger partial charge in [-0.1, -0.05) is 0 Å². The summed E-state index contributed by atoms with van der Waals surface area (Å²) in [4.78, 5) is 10.1. The summed E-state index contributed by atoms with van der Waals surface area (Å²) in [6.07, 6.45) is 4.94. The van der Waals surface area contributed by atoms with E-state index in [4.69, 9.17) is 0 Å². The average molecular weight is 362 g/mol. The Morgan fingerprint density at radius 2 is 1.00 bits per heavy atom. The van der Waals surface area contributed by atoms with E-state index in [1.807, 2.05) is 0 Å². The third-order valence-corrected chi connectivity index (χ3v) is 178. The van der Waals surface area contributed by atoms with Gasteiger partial charge in [0.2, 0.25) is 0 Å². The molecule has 0 nitrogen and oxygen atoms in total. The molecular weight excluding hydrogens is 350 g/mol. The fourth-order valence-corrected chi connectivity index (χ4v) is 262. The third kappa shape index (κ3) is 2.16. The first-order valence-corrected chi connectivity index (χ1v) is 29.8. The summed E-state index contributed by atoms with van der Waals surface area (Å²) < 4.78 is 0. The van der Waals surface area contributed by atoms with E-state index in [0.29, 0.717) is 0 Å². The van der Waals surface area contributed by atoms with Crippen LogP contribution in [0.15, 0.2) is 0 Å². The second-order valence-electron chi connectivity index (χ2n) is 3.00. The van der Waals surface area contributed by atoms with Crippen molar-refractivity contribution in [1.82, 2.24) is 0 Å². The summed E-state index contributed by atoms with van der Waals surface area (Å²) in [6.45, 7) is 0. The molecule has 1 rings (SSSR count). The van der Waals surface area contributed by atoms with Crippen molar-refractivity contribution >= 4 is 43.5 Å². The van der Waals surface area contributed by atoms with E-state index in [1.54, 1.807) is 0 Å². The molecule has 0 radical (unpaired) electrons. The van der Waals surface area contributed by atoms with Gasteiger partial charge >= 0.3 is 63.2 Å². The van der Waals surface area contributed by atoms with Crippen LogP contribution in [-0.2, 0) is 0 Å². The van der Waals surface area contributed by atoms with Gasteiger partial charge in [-0.3, -0.25) is 0 Å². The summed E-state index contributed by atoms with van der Waals surface area (Å²) in [7, 11) is 0. The van der Waals surface area contributed by atoms with Crippen LogP contribution >= 0.6 is 12.3 Å². The SMILES string of the molecule is [CH3][Sn]1([CH3])[S][Sn]([CH3])([CH3])[S]1. The maximum atomic E-state index is 2.53. The minimum atomic E-state index is -1.30. The van der Waals surface area contributed by atoms with E-state index < -0.39 is 31.2 Å². The van der Waals surface area contributed by atoms with Crippen molar-refractivity contribution < 1.29 is 0 Å². The zero-order valence-corrected chi connectivity index (χ0v) is 13.2. The second-order valence-corrected chi connectivity index (χ2v) is 77.2. The van der Waals surface area contributed by atoms with Gasteiger partial charge in [0.15, 0.2) is 0 Å². The Morgan fingerprint density at radius 1 is 0.750 bits per heavy atom. The molecule has 0 N–H and O–H groups in total. The molecule has 48 valence electrons. The monoisotopic (exact) mass is 364 g/mol. The summed E-state index contributed by atoms with van der Waals surface area (Å²) in [5, 5.41) is 0. The first-order valence-electron chi connectivity index (χ1n) is 2.82. The topological polar surface area (TPSA) is 0 Å². The molecule has 0 atom stereocenters. The predicted octanol–water partition coefficient (Wildman–Crippen LogP) is 2.87. The molecule has 1 aliphatic heterocycles. The van der Waals surface area contributed by atoms with Gasteiger partial charge in [0, 0.05) is 0 Å². The van der Waals surface area contributed by atoms with Gasteiger partial charge in [-0.15, -0.1) is 0 Å². The van der Waals surface area contributed by atoms with Crippen molar-refractivity contribution in [2.75, 3.05) is 0 Å². The summed E-state index contributed by atoms with van der Waals surface area (Å²) in [6, 6.07) is 0. The summed E-state index contributed by atoms with van der Waals surface area (Å²) >= 11 is -2.59. The normalized spacial score (nSPS) is 31.5. The minimum absolute atomic E-state index is 1.30. The molecule has 8 heavy (non-hydrogen) atoms.